The van der Waals surface area contributed by atoms with Gasteiger partial charge in [0.05, 0.1) is 0 Å². The first-order chi connectivity index (χ1) is 9.72. The molecule has 0 aromatic heterocycles. The van der Waals surface area contributed by atoms with Crippen LogP contribution in [0, 0.1) is 0 Å². The van der Waals surface area contributed by atoms with Crippen LogP contribution in [0.3, 0.4) is 0 Å². The maximum Gasteiger partial charge on any atom is 0.339 e. The molecular weight excluding hydrogens is 363 g/mol. The predicted octanol–water partition coefficient (Wildman–Crippen LogP) is -2.05. The first-order valence-corrected chi connectivity index (χ1v) is 11.4. The standard InChI is InChI=1S/C7H22N3O9P3/c8-1-2-9(5-20(11,12)13)3-4-10(6-21(14,15)16)7-22(17,18)19/h1-8H2,(H2,11,12,13)(H2,14,15,16)(H2,17,18,19). The summed E-state index contributed by atoms with van der Waals surface area (Å²) in [6.45, 7) is -0.0553. The van der Waals surface area contributed by atoms with E-state index in [1.807, 2.05) is 0 Å². The molecule has 0 amide bonds. The lowest BCUT2D eigenvalue weighted by atomic mass is 10.5. The molecule has 0 atom stereocenters. The summed E-state index contributed by atoms with van der Waals surface area (Å²) in [7, 11) is -13.4. The molecule has 0 aliphatic heterocycles. The van der Waals surface area contributed by atoms with Crippen molar-refractivity contribution in [3.05, 3.63) is 0 Å². The Morgan fingerprint density at radius 1 is 0.636 bits per heavy atom. The molecule has 0 aliphatic rings. The zero-order valence-corrected chi connectivity index (χ0v) is 14.4. The van der Waals surface area contributed by atoms with E-state index in [4.69, 9.17) is 35.1 Å². The Bertz CT molecular complexity index is 447. The molecular formula is C7H22N3O9P3. The molecule has 0 aliphatic carbocycles. The van der Waals surface area contributed by atoms with Gasteiger partial charge in [0.1, 0.15) is 18.9 Å². The van der Waals surface area contributed by atoms with Crippen molar-refractivity contribution >= 4 is 22.8 Å². The van der Waals surface area contributed by atoms with E-state index in [1.165, 1.54) is 4.90 Å². The second-order valence-electron chi connectivity index (χ2n) is 4.72. The highest BCUT2D eigenvalue weighted by Gasteiger charge is 2.27. The summed E-state index contributed by atoms with van der Waals surface area (Å²) in [6, 6.07) is 0. The van der Waals surface area contributed by atoms with Crippen molar-refractivity contribution in [2.75, 3.05) is 45.0 Å². The van der Waals surface area contributed by atoms with Gasteiger partial charge in [0.25, 0.3) is 0 Å². The molecule has 0 aromatic rings. The molecule has 0 bridgehead atoms. The van der Waals surface area contributed by atoms with E-state index in [-0.39, 0.29) is 26.2 Å². The molecule has 0 rings (SSSR count). The van der Waals surface area contributed by atoms with Gasteiger partial charge >= 0.3 is 22.8 Å². The van der Waals surface area contributed by atoms with Crippen molar-refractivity contribution in [3.63, 3.8) is 0 Å². The summed E-state index contributed by atoms with van der Waals surface area (Å²) in [5.41, 5.74) is 5.30. The minimum Gasteiger partial charge on any atom is -0.329 e. The minimum absolute atomic E-state index is 0.0672. The lowest BCUT2D eigenvalue weighted by molar-refractivity contribution is 0.224. The van der Waals surface area contributed by atoms with Crippen LogP contribution in [0.5, 0.6) is 0 Å². The molecule has 0 saturated carbocycles. The summed E-state index contributed by atoms with van der Waals surface area (Å²) in [5.74, 6) is 0. The van der Waals surface area contributed by atoms with Crippen LogP contribution in [0.15, 0.2) is 0 Å². The zero-order chi connectivity index (χ0) is 17.6. The Morgan fingerprint density at radius 2 is 0.955 bits per heavy atom. The molecule has 15 heteroatoms. The van der Waals surface area contributed by atoms with E-state index < -0.39 is 41.6 Å². The van der Waals surface area contributed by atoms with Crippen LogP contribution in [-0.4, -0.2) is 84.2 Å². The van der Waals surface area contributed by atoms with Crippen molar-refractivity contribution in [2.45, 2.75) is 0 Å². The van der Waals surface area contributed by atoms with Crippen LogP contribution in [0.1, 0.15) is 0 Å². The summed E-state index contributed by atoms with van der Waals surface area (Å²) in [5, 5.41) is 0. The Labute approximate surface area is 127 Å². The molecule has 22 heavy (non-hydrogen) atoms. The van der Waals surface area contributed by atoms with Gasteiger partial charge in [-0.25, -0.2) is 0 Å². The van der Waals surface area contributed by atoms with Gasteiger partial charge in [-0.15, -0.1) is 0 Å². The van der Waals surface area contributed by atoms with E-state index >= 15 is 0 Å². The fourth-order valence-electron chi connectivity index (χ4n) is 1.69. The first-order valence-electron chi connectivity index (χ1n) is 6.00. The number of nitrogens with two attached hydrogens (primary N) is 1. The van der Waals surface area contributed by atoms with Crippen LogP contribution in [0.4, 0.5) is 0 Å². The molecule has 0 aromatic carbocycles. The lowest BCUT2D eigenvalue weighted by Gasteiger charge is -2.27. The number of hydrogen-bond donors (Lipinski definition) is 7. The molecule has 8 N–H and O–H groups in total. The fraction of sp³-hybridized carbons (Fsp3) is 1.00. The van der Waals surface area contributed by atoms with Crippen molar-refractivity contribution in [2.24, 2.45) is 5.73 Å². The third-order valence-electron chi connectivity index (χ3n) is 2.33. The molecule has 0 fully saturated rings. The summed E-state index contributed by atoms with van der Waals surface area (Å²) in [6.07, 6.45) is -2.35. The third kappa shape index (κ3) is 14.0. The van der Waals surface area contributed by atoms with Crippen LogP contribution < -0.4 is 5.73 Å². The summed E-state index contributed by atoms with van der Waals surface area (Å²) >= 11 is 0. The van der Waals surface area contributed by atoms with Gasteiger partial charge in [-0.05, 0) is 0 Å². The average Bonchev–Trinajstić information content (AvgIpc) is 2.19. The van der Waals surface area contributed by atoms with Crippen LogP contribution in [0.25, 0.3) is 0 Å². The zero-order valence-electron chi connectivity index (χ0n) is 11.7. The van der Waals surface area contributed by atoms with E-state index in [0.29, 0.717) is 0 Å². The Kier molecular flexibility index (Phi) is 9.12. The van der Waals surface area contributed by atoms with Gasteiger partial charge in [-0.2, -0.15) is 0 Å². The third-order valence-corrected chi connectivity index (χ3v) is 4.64. The van der Waals surface area contributed by atoms with Gasteiger partial charge in [-0.3, -0.25) is 23.5 Å². The molecule has 0 saturated heterocycles. The molecule has 0 spiro atoms. The van der Waals surface area contributed by atoms with Crippen molar-refractivity contribution in [3.8, 4) is 0 Å². The fourth-order valence-corrected chi connectivity index (χ4v) is 4.17. The summed E-state index contributed by atoms with van der Waals surface area (Å²) in [4.78, 5) is 55.5. The monoisotopic (exact) mass is 385 g/mol. The first kappa shape index (κ1) is 22.3. The van der Waals surface area contributed by atoms with Crippen molar-refractivity contribution in [1.82, 2.24) is 9.80 Å². The number of nitrogens with zero attached hydrogens (tertiary/aromatic N) is 2. The van der Waals surface area contributed by atoms with E-state index in [1.54, 1.807) is 0 Å². The van der Waals surface area contributed by atoms with Gasteiger partial charge in [0.15, 0.2) is 0 Å². The second kappa shape index (κ2) is 8.98. The topological polar surface area (TPSA) is 205 Å². The van der Waals surface area contributed by atoms with Crippen LogP contribution in [-0.2, 0) is 13.7 Å². The maximum atomic E-state index is 11.0. The number of rotatable bonds is 11. The van der Waals surface area contributed by atoms with Gasteiger partial charge in [0, 0.05) is 26.2 Å². The van der Waals surface area contributed by atoms with Gasteiger partial charge < -0.3 is 35.1 Å². The molecule has 0 radical (unpaired) electrons. The van der Waals surface area contributed by atoms with Gasteiger partial charge in [-0.1, -0.05) is 0 Å². The summed E-state index contributed by atoms with van der Waals surface area (Å²) < 4.78 is 32.9. The van der Waals surface area contributed by atoms with Crippen LogP contribution in [0.2, 0.25) is 0 Å². The smallest absolute Gasteiger partial charge is 0.329 e. The van der Waals surface area contributed by atoms with E-state index in [2.05, 4.69) is 0 Å². The average molecular weight is 385 g/mol. The minimum atomic E-state index is -4.54. The van der Waals surface area contributed by atoms with E-state index in [9.17, 15) is 13.7 Å². The molecule has 0 unspecified atom stereocenters. The maximum absolute atomic E-state index is 11.0. The predicted molar refractivity (Wildman–Crippen MR) is 78.1 cm³/mol. The molecule has 134 valence electrons. The quantitative estimate of drug-likeness (QED) is 0.192. The number of hydrogen-bond acceptors (Lipinski definition) is 6. The van der Waals surface area contributed by atoms with Crippen molar-refractivity contribution < 1.29 is 43.1 Å². The highest BCUT2D eigenvalue weighted by molar-refractivity contribution is 7.52. The van der Waals surface area contributed by atoms with Crippen LogP contribution >= 0.6 is 22.8 Å². The molecule has 0 heterocycles. The lowest BCUT2D eigenvalue weighted by Crippen LogP contribution is -2.38. The SMILES string of the molecule is NCCN(CCN(CP(=O)(O)O)CP(=O)(O)O)CP(=O)(O)O. The van der Waals surface area contributed by atoms with Gasteiger partial charge in [0.2, 0.25) is 0 Å². The second-order valence-corrected chi connectivity index (χ2v) is 9.56. The largest absolute Gasteiger partial charge is 0.339 e. The Hall–Kier alpha value is 0.330. The van der Waals surface area contributed by atoms with Crippen molar-refractivity contribution in [1.29, 1.82) is 0 Å². The normalized spacial score (nSPS) is 14.0. The van der Waals surface area contributed by atoms with E-state index in [0.717, 1.165) is 4.90 Å². The Morgan fingerprint density at radius 3 is 1.27 bits per heavy atom. The Balaban J connectivity index is 4.78. The highest BCUT2D eigenvalue weighted by atomic mass is 31.2. The molecule has 12 nitrogen and oxygen atoms in total. The highest BCUT2D eigenvalue weighted by Crippen LogP contribution is 2.41.